The lowest BCUT2D eigenvalue weighted by atomic mass is 9.97. The second-order valence-electron chi connectivity index (χ2n) is 4.73. The Kier molecular flexibility index (Phi) is 4.42. The van der Waals surface area contributed by atoms with Crippen LogP contribution in [0.4, 0.5) is 0 Å². The molecular weight excluding hydrogens is 272 g/mol. The molecule has 0 aliphatic heterocycles. The van der Waals surface area contributed by atoms with Crippen molar-refractivity contribution in [3.05, 3.63) is 52.9 Å². The molecule has 0 saturated carbocycles. The summed E-state index contributed by atoms with van der Waals surface area (Å²) in [5.74, 6) is -1.00. The molecule has 1 aromatic heterocycles. The lowest BCUT2D eigenvalue weighted by Crippen LogP contribution is -2.19. The van der Waals surface area contributed by atoms with Crippen LogP contribution in [0.2, 0.25) is 0 Å². The third kappa shape index (κ3) is 3.31. The van der Waals surface area contributed by atoms with E-state index in [1.807, 2.05) is 0 Å². The normalized spacial score (nSPS) is 12.0. The highest BCUT2D eigenvalue weighted by Gasteiger charge is 2.19. The number of allylic oxidation sites excluding steroid dienone is 1. The minimum Gasteiger partial charge on any atom is -0.497 e. The number of carboxylic acid groups (broad SMARTS) is 1. The first kappa shape index (κ1) is 14.8. The Morgan fingerprint density at radius 2 is 2.24 bits per heavy atom. The SMILES string of the molecule is C=CCC(Cc1cc2cc(OC)ccc2oc1=O)C(=O)O. The minimum atomic E-state index is -0.958. The highest BCUT2D eigenvalue weighted by Crippen LogP contribution is 2.21. The van der Waals surface area contributed by atoms with Crippen molar-refractivity contribution >= 4 is 16.9 Å². The van der Waals surface area contributed by atoms with Crippen LogP contribution in [0, 0.1) is 5.92 Å². The standard InChI is InChI=1S/C16H16O5/c1-3-4-10(15(17)18)7-12-8-11-9-13(20-2)5-6-14(11)21-16(12)19/h3,5-6,8-10H,1,4,7H2,2H3,(H,17,18). The van der Waals surface area contributed by atoms with Crippen molar-refractivity contribution in [1.82, 2.24) is 0 Å². The summed E-state index contributed by atoms with van der Waals surface area (Å²) in [6.45, 7) is 3.54. The highest BCUT2D eigenvalue weighted by atomic mass is 16.5. The Morgan fingerprint density at radius 1 is 1.48 bits per heavy atom. The molecule has 0 aliphatic rings. The van der Waals surface area contributed by atoms with E-state index in [1.54, 1.807) is 31.4 Å². The Balaban J connectivity index is 2.43. The maximum absolute atomic E-state index is 11.9. The van der Waals surface area contributed by atoms with E-state index in [0.717, 1.165) is 0 Å². The van der Waals surface area contributed by atoms with Crippen molar-refractivity contribution in [2.24, 2.45) is 5.92 Å². The fourth-order valence-electron chi connectivity index (χ4n) is 2.15. The summed E-state index contributed by atoms with van der Waals surface area (Å²) in [4.78, 5) is 23.1. The van der Waals surface area contributed by atoms with E-state index in [2.05, 4.69) is 6.58 Å². The second-order valence-corrected chi connectivity index (χ2v) is 4.73. The molecule has 2 rings (SSSR count). The first-order valence-electron chi connectivity index (χ1n) is 6.49. The molecule has 1 heterocycles. The van der Waals surface area contributed by atoms with E-state index in [1.165, 1.54) is 6.08 Å². The van der Waals surface area contributed by atoms with Gasteiger partial charge in [-0.3, -0.25) is 4.79 Å². The van der Waals surface area contributed by atoms with Crippen LogP contribution in [0.15, 0.2) is 46.1 Å². The molecular formula is C16H16O5. The zero-order valence-corrected chi connectivity index (χ0v) is 11.7. The largest absolute Gasteiger partial charge is 0.497 e. The van der Waals surface area contributed by atoms with E-state index >= 15 is 0 Å². The summed E-state index contributed by atoms with van der Waals surface area (Å²) in [7, 11) is 1.55. The minimum absolute atomic E-state index is 0.108. The number of fused-ring (bicyclic) bond motifs is 1. The van der Waals surface area contributed by atoms with Gasteiger partial charge >= 0.3 is 11.6 Å². The predicted molar refractivity (Wildman–Crippen MR) is 78.7 cm³/mol. The molecule has 21 heavy (non-hydrogen) atoms. The predicted octanol–water partition coefficient (Wildman–Crippen LogP) is 2.62. The number of hydrogen-bond donors (Lipinski definition) is 1. The maximum Gasteiger partial charge on any atom is 0.339 e. The van der Waals surface area contributed by atoms with Crippen molar-refractivity contribution in [3.63, 3.8) is 0 Å². The Hall–Kier alpha value is -2.56. The van der Waals surface area contributed by atoms with Gasteiger partial charge in [0, 0.05) is 10.9 Å². The molecule has 1 N–H and O–H groups in total. The number of hydrogen-bond acceptors (Lipinski definition) is 4. The summed E-state index contributed by atoms with van der Waals surface area (Å²) in [5, 5.41) is 9.85. The van der Waals surface area contributed by atoms with Gasteiger partial charge in [-0.25, -0.2) is 4.79 Å². The third-order valence-corrected chi connectivity index (χ3v) is 3.28. The van der Waals surface area contributed by atoms with E-state index < -0.39 is 17.5 Å². The van der Waals surface area contributed by atoms with Crippen LogP contribution in [-0.4, -0.2) is 18.2 Å². The summed E-state index contributed by atoms with van der Waals surface area (Å²) in [5.41, 5.74) is 0.271. The summed E-state index contributed by atoms with van der Waals surface area (Å²) in [6, 6.07) is 6.74. The molecule has 0 spiro atoms. The summed E-state index contributed by atoms with van der Waals surface area (Å²) >= 11 is 0. The van der Waals surface area contributed by atoms with Crippen LogP contribution >= 0.6 is 0 Å². The van der Waals surface area contributed by atoms with Gasteiger partial charge in [-0.2, -0.15) is 0 Å². The molecule has 1 aromatic carbocycles. The molecule has 0 fully saturated rings. The molecule has 1 unspecified atom stereocenters. The summed E-state index contributed by atoms with van der Waals surface area (Å²) < 4.78 is 10.3. The van der Waals surface area contributed by atoms with Gasteiger partial charge < -0.3 is 14.3 Å². The second kappa shape index (κ2) is 6.26. The van der Waals surface area contributed by atoms with Gasteiger partial charge in [-0.05, 0) is 37.1 Å². The van der Waals surface area contributed by atoms with Crippen LogP contribution in [0.5, 0.6) is 5.75 Å². The zero-order chi connectivity index (χ0) is 15.4. The maximum atomic E-state index is 11.9. The van der Waals surface area contributed by atoms with Crippen molar-refractivity contribution < 1.29 is 19.1 Å². The van der Waals surface area contributed by atoms with E-state index in [9.17, 15) is 9.59 Å². The number of benzene rings is 1. The lowest BCUT2D eigenvalue weighted by molar-refractivity contribution is -0.141. The fourth-order valence-corrected chi connectivity index (χ4v) is 2.15. The topological polar surface area (TPSA) is 76.7 Å². The molecule has 110 valence electrons. The van der Waals surface area contributed by atoms with Crippen molar-refractivity contribution in [3.8, 4) is 5.75 Å². The molecule has 0 bridgehead atoms. The van der Waals surface area contributed by atoms with Crippen LogP contribution < -0.4 is 10.4 Å². The molecule has 0 saturated heterocycles. The summed E-state index contributed by atoms with van der Waals surface area (Å²) in [6.07, 6.45) is 1.94. The number of carboxylic acids is 1. The fraction of sp³-hybridized carbons (Fsp3) is 0.250. The van der Waals surface area contributed by atoms with Gasteiger partial charge in [0.25, 0.3) is 0 Å². The first-order valence-corrected chi connectivity index (χ1v) is 6.49. The number of carbonyl (C=O) groups is 1. The van der Waals surface area contributed by atoms with Gasteiger partial charge in [-0.15, -0.1) is 6.58 Å². The van der Waals surface area contributed by atoms with E-state index in [4.69, 9.17) is 14.3 Å². The van der Waals surface area contributed by atoms with Gasteiger partial charge in [0.2, 0.25) is 0 Å². The van der Waals surface area contributed by atoms with Crippen LogP contribution in [0.1, 0.15) is 12.0 Å². The zero-order valence-electron chi connectivity index (χ0n) is 11.7. The van der Waals surface area contributed by atoms with E-state index in [-0.39, 0.29) is 6.42 Å². The number of rotatable bonds is 6. The molecule has 5 heteroatoms. The molecule has 5 nitrogen and oxygen atoms in total. The Bertz CT molecular complexity index is 729. The van der Waals surface area contributed by atoms with Crippen molar-refractivity contribution in [2.75, 3.05) is 7.11 Å². The average molecular weight is 288 g/mol. The van der Waals surface area contributed by atoms with E-state index in [0.29, 0.717) is 28.7 Å². The lowest BCUT2D eigenvalue weighted by Gasteiger charge is -2.09. The number of ether oxygens (including phenoxy) is 1. The van der Waals surface area contributed by atoms with Gasteiger partial charge in [-0.1, -0.05) is 6.08 Å². The number of methoxy groups -OCH3 is 1. The molecule has 1 atom stereocenters. The van der Waals surface area contributed by atoms with Crippen LogP contribution in [0.25, 0.3) is 11.0 Å². The average Bonchev–Trinajstić information content (AvgIpc) is 2.46. The first-order chi connectivity index (χ1) is 10.0. The van der Waals surface area contributed by atoms with Crippen LogP contribution in [-0.2, 0) is 11.2 Å². The molecule has 0 amide bonds. The molecule has 0 aliphatic carbocycles. The van der Waals surface area contributed by atoms with Crippen molar-refractivity contribution in [1.29, 1.82) is 0 Å². The number of aliphatic carboxylic acids is 1. The quantitative estimate of drug-likeness (QED) is 0.653. The Morgan fingerprint density at radius 3 is 2.86 bits per heavy atom. The van der Waals surface area contributed by atoms with Crippen LogP contribution in [0.3, 0.4) is 0 Å². The monoisotopic (exact) mass is 288 g/mol. The highest BCUT2D eigenvalue weighted by molar-refractivity contribution is 5.79. The van der Waals surface area contributed by atoms with Crippen molar-refractivity contribution in [2.45, 2.75) is 12.8 Å². The third-order valence-electron chi connectivity index (χ3n) is 3.28. The van der Waals surface area contributed by atoms with Gasteiger partial charge in [0.05, 0.1) is 13.0 Å². The Labute approximate surface area is 121 Å². The molecule has 0 radical (unpaired) electrons. The smallest absolute Gasteiger partial charge is 0.339 e. The molecule has 2 aromatic rings. The van der Waals surface area contributed by atoms with Gasteiger partial charge in [0.1, 0.15) is 11.3 Å². The van der Waals surface area contributed by atoms with Gasteiger partial charge in [0.15, 0.2) is 0 Å².